The van der Waals surface area contributed by atoms with E-state index in [0.717, 1.165) is 0 Å². The number of rotatable bonds is 7. The van der Waals surface area contributed by atoms with Crippen LogP contribution in [-0.2, 0) is 14.3 Å². The summed E-state index contributed by atoms with van der Waals surface area (Å²) in [4.78, 5) is 40.7. The zero-order chi connectivity index (χ0) is 22.2. The Labute approximate surface area is 182 Å². The summed E-state index contributed by atoms with van der Waals surface area (Å²) in [7, 11) is 1.60. The second-order valence-electron chi connectivity index (χ2n) is 7.48. The maximum Gasteiger partial charge on any atom is 0.309 e. The van der Waals surface area contributed by atoms with E-state index in [2.05, 4.69) is 0 Å². The average Bonchev–Trinajstić information content (AvgIpc) is 2.80. The number of ether oxygens (including phenoxy) is 2. The molecule has 0 radical (unpaired) electrons. The molecule has 0 bridgehead atoms. The van der Waals surface area contributed by atoms with Crippen LogP contribution in [-0.4, -0.2) is 60.9 Å². The molecule has 0 spiro atoms. The highest BCUT2D eigenvalue weighted by molar-refractivity contribution is 5.98. The van der Waals surface area contributed by atoms with E-state index in [9.17, 15) is 14.4 Å². The summed E-state index contributed by atoms with van der Waals surface area (Å²) in [6, 6.07) is 16.2. The van der Waals surface area contributed by atoms with Crippen molar-refractivity contribution in [1.29, 1.82) is 0 Å². The molecule has 0 unspecified atom stereocenters. The van der Waals surface area contributed by atoms with E-state index in [1.807, 2.05) is 30.3 Å². The number of piperidine rings is 1. The third-order valence-corrected chi connectivity index (χ3v) is 5.28. The highest BCUT2D eigenvalue weighted by Gasteiger charge is 2.29. The first-order valence-corrected chi connectivity index (χ1v) is 10.5. The quantitative estimate of drug-likeness (QED) is 0.637. The lowest BCUT2D eigenvalue weighted by Crippen LogP contribution is -2.45. The van der Waals surface area contributed by atoms with Gasteiger partial charge in [-0.25, -0.2) is 0 Å². The summed E-state index contributed by atoms with van der Waals surface area (Å²) in [5, 5.41) is 0. The van der Waals surface area contributed by atoms with E-state index in [-0.39, 0.29) is 30.2 Å². The molecule has 2 amide bonds. The molecule has 1 aliphatic heterocycles. The van der Waals surface area contributed by atoms with Crippen molar-refractivity contribution in [2.45, 2.75) is 19.8 Å². The molecule has 7 nitrogen and oxygen atoms in total. The maximum atomic E-state index is 13.0. The number of carbonyl (C=O) groups excluding carboxylic acids is 3. The van der Waals surface area contributed by atoms with Crippen molar-refractivity contribution in [3.63, 3.8) is 0 Å². The summed E-state index contributed by atoms with van der Waals surface area (Å²) in [6.45, 7) is 3.07. The molecule has 1 fully saturated rings. The van der Waals surface area contributed by atoms with Crippen LogP contribution < -0.4 is 4.74 Å². The van der Waals surface area contributed by atoms with Crippen LogP contribution in [0.15, 0.2) is 54.6 Å². The van der Waals surface area contributed by atoms with Crippen molar-refractivity contribution in [3.05, 3.63) is 60.2 Å². The fraction of sp³-hybridized carbons (Fsp3) is 0.375. The van der Waals surface area contributed by atoms with E-state index in [4.69, 9.17) is 9.47 Å². The van der Waals surface area contributed by atoms with E-state index in [1.54, 1.807) is 43.1 Å². The Morgan fingerprint density at radius 2 is 1.65 bits per heavy atom. The first-order valence-electron chi connectivity index (χ1n) is 10.5. The van der Waals surface area contributed by atoms with Gasteiger partial charge < -0.3 is 19.3 Å². The molecule has 3 rings (SSSR count). The number of para-hydroxylation sites is 2. The monoisotopic (exact) mass is 424 g/mol. The highest BCUT2D eigenvalue weighted by Crippen LogP contribution is 2.26. The fourth-order valence-corrected chi connectivity index (χ4v) is 3.55. The Bertz CT molecular complexity index is 907. The maximum absolute atomic E-state index is 13.0. The third-order valence-electron chi connectivity index (χ3n) is 5.28. The van der Waals surface area contributed by atoms with E-state index in [1.165, 1.54) is 4.90 Å². The van der Waals surface area contributed by atoms with Crippen molar-refractivity contribution in [3.8, 4) is 11.5 Å². The summed E-state index contributed by atoms with van der Waals surface area (Å²) >= 11 is 0. The summed E-state index contributed by atoms with van der Waals surface area (Å²) in [5.74, 6) is 0.280. The minimum Gasteiger partial charge on any atom is -0.466 e. The standard InChI is InChI=1S/C24H28N2O5/c1-3-30-24(29)18-13-15-26(16-14-18)22(27)17-25(2)23(28)20-11-7-8-12-21(20)31-19-9-5-4-6-10-19/h4-12,18H,3,13-17H2,1-2H3. The molecule has 1 heterocycles. The van der Waals surface area contributed by atoms with Crippen LogP contribution in [0.3, 0.4) is 0 Å². The van der Waals surface area contributed by atoms with Crippen molar-refractivity contribution < 1.29 is 23.9 Å². The van der Waals surface area contributed by atoms with E-state index >= 15 is 0 Å². The molecular weight excluding hydrogens is 396 g/mol. The average molecular weight is 424 g/mol. The lowest BCUT2D eigenvalue weighted by Gasteiger charge is -2.32. The first kappa shape index (κ1) is 22.3. The van der Waals surface area contributed by atoms with Gasteiger partial charge in [0.2, 0.25) is 5.91 Å². The number of likely N-dealkylation sites (N-methyl/N-ethyl adjacent to an activating group) is 1. The Morgan fingerprint density at radius 3 is 2.32 bits per heavy atom. The number of esters is 1. The summed E-state index contributed by atoms with van der Waals surface area (Å²) in [6.07, 6.45) is 1.16. The fourth-order valence-electron chi connectivity index (χ4n) is 3.55. The molecule has 31 heavy (non-hydrogen) atoms. The van der Waals surface area contributed by atoms with Crippen LogP contribution in [0.2, 0.25) is 0 Å². The number of hydrogen-bond donors (Lipinski definition) is 0. The minimum absolute atomic E-state index is 0.0391. The molecule has 2 aromatic rings. The van der Waals surface area contributed by atoms with Gasteiger partial charge in [-0.05, 0) is 44.0 Å². The van der Waals surface area contributed by atoms with Crippen LogP contribution in [0.1, 0.15) is 30.1 Å². The van der Waals surface area contributed by atoms with Gasteiger partial charge in [-0.2, -0.15) is 0 Å². The summed E-state index contributed by atoms with van der Waals surface area (Å²) in [5.41, 5.74) is 0.391. The molecule has 0 aliphatic carbocycles. The summed E-state index contributed by atoms with van der Waals surface area (Å²) < 4.78 is 10.9. The van der Waals surface area contributed by atoms with Gasteiger partial charge >= 0.3 is 5.97 Å². The Kier molecular flexibility index (Phi) is 7.65. The lowest BCUT2D eigenvalue weighted by molar-refractivity contribution is -0.151. The molecule has 1 aliphatic rings. The molecule has 2 aromatic carbocycles. The van der Waals surface area contributed by atoms with Crippen molar-refractivity contribution in [2.75, 3.05) is 33.3 Å². The van der Waals surface area contributed by atoms with Crippen molar-refractivity contribution in [2.24, 2.45) is 5.92 Å². The second kappa shape index (κ2) is 10.6. The molecule has 0 N–H and O–H groups in total. The zero-order valence-electron chi connectivity index (χ0n) is 18.0. The van der Waals surface area contributed by atoms with Crippen LogP contribution in [0, 0.1) is 5.92 Å². The minimum atomic E-state index is -0.290. The Balaban J connectivity index is 1.59. The third kappa shape index (κ3) is 5.84. The SMILES string of the molecule is CCOC(=O)C1CCN(C(=O)CN(C)C(=O)c2ccccc2Oc2ccccc2)CC1. The predicted octanol–water partition coefficient (Wildman–Crippen LogP) is 3.35. The second-order valence-corrected chi connectivity index (χ2v) is 7.48. The largest absolute Gasteiger partial charge is 0.466 e. The van der Waals surface area contributed by atoms with Gasteiger partial charge in [-0.15, -0.1) is 0 Å². The van der Waals surface area contributed by atoms with Gasteiger partial charge in [0.05, 0.1) is 24.6 Å². The Morgan fingerprint density at radius 1 is 1.00 bits per heavy atom. The van der Waals surface area contributed by atoms with Gasteiger partial charge in [-0.1, -0.05) is 30.3 Å². The molecule has 0 atom stereocenters. The van der Waals surface area contributed by atoms with E-state index in [0.29, 0.717) is 49.6 Å². The lowest BCUT2D eigenvalue weighted by atomic mass is 9.97. The molecule has 164 valence electrons. The number of likely N-dealkylation sites (tertiary alicyclic amines) is 1. The van der Waals surface area contributed by atoms with Crippen LogP contribution >= 0.6 is 0 Å². The van der Waals surface area contributed by atoms with Crippen molar-refractivity contribution >= 4 is 17.8 Å². The van der Waals surface area contributed by atoms with Gasteiger partial charge in [0.15, 0.2) is 0 Å². The van der Waals surface area contributed by atoms with Crippen LogP contribution in [0.4, 0.5) is 0 Å². The zero-order valence-corrected chi connectivity index (χ0v) is 18.0. The molecule has 0 saturated carbocycles. The van der Waals surface area contributed by atoms with Gasteiger partial charge in [0.1, 0.15) is 11.5 Å². The van der Waals surface area contributed by atoms with Gasteiger partial charge in [0.25, 0.3) is 5.91 Å². The molecule has 0 aromatic heterocycles. The number of amides is 2. The number of nitrogens with zero attached hydrogens (tertiary/aromatic N) is 2. The van der Waals surface area contributed by atoms with Crippen molar-refractivity contribution in [1.82, 2.24) is 9.80 Å². The van der Waals surface area contributed by atoms with Crippen LogP contribution in [0.25, 0.3) is 0 Å². The first-order chi connectivity index (χ1) is 15.0. The number of carbonyl (C=O) groups is 3. The number of benzene rings is 2. The van der Waals surface area contributed by atoms with Gasteiger partial charge in [0, 0.05) is 20.1 Å². The molecule has 1 saturated heterocycles. The van der Waals surface area contributed by atoms with E-state index < -0.39 is 0 Å². The smallest absolute Gasteiger partial charge is 0.309 e. The van der Waals surface area contributed by atoms with Gasteiger partial charge in [-0.3, -0.25) is 14.4 Å². The molecular formula is C24H28N2O5. The predicted molar refractivity (Wildman–Crippen MR) is 116 cm³/mol. The Hall–Kier alpha value is -3.35. The normalized spacial score (nSPS) is 14.1. The topological polar surface area (TPSA) is 76.2 Å². The number of hydrogen-bond acceptors (Lipinski definition) is 5. The molecule has 7 heteroatoms. The highest BCUT2D eigenvalue weighted by atomic mass is 16.5. The van der Waals surface area contributed by atoms with Crippen LogP contribution in [0.5, 0.6) is 11.5 Å².